The lowest BCUT2D eigenvalue weighted by Gasteiger charge is -2.31. The number of carbonyl (C=O) groups is 2. The number of urea groups is 1. The van der Waals surface area contributed by atoms with E-state index in [0.29, 0.717) is 37.9 Å². The average molecular weight is 450 g/mol. The van der Waals surface area contributed by atoms with Crippen LogP contribution in [0.3, 0.4) is 0 Å². The fourth-order valence-electron chi connectivity index (χ4n) is 3.42. The van der Waals surface area contributed by atoms with Crippen molar-refractivity contribution in [3.05, 3.63) is 54.0 Å². The highest BCUT2D eigenvalue weighted by Gasteiger charge is 2.31. The third-order valence-electron chi connectivity index (χ3n) is 5.28. The Kier molecular flexibility index (Phi) is 7.47. The van der Waals surface area contributed by atoms with Crippen molar-refractivity contribution < 1.29 is 27.3 Å². The first-order valence-corrected chi connectivity index (χ1v) is 11.7. The van der Waals surface area contributed by atoms with Crippen LogP contribution >= 0.6 is 0 Å². The second-order valence-electron chi connectivity index (χ2n) is 7.86. The minimum absolute atomic E-state index is 0.102. The zero-order chi connectivity index (χ0) is 22.4. The molecule has 2 aromatic rings. The van der Waals surface area contributed by atoms with Crippen LogP contribution in [0.1, 0.15) is 31.1 Å². The van der Waals surface area contributed by atoms with Gasteiger partial charge in [-0.3, -0.25) is 10.1 Å². The molecule has 31 heavy (non-hydrogen) atoms. The first-order valence-electron chi connectivity index (χ1n) is 10.3. The fourth-order valence-corrected chi connectivity index (χ4v) is 4.86. The number of nitrogens with zero attached hydrogens (tertiary/aromatic N) is 1. The Labute approximate surface area is 182 Å². The lowest BCUT2D eigenvalue weighted by molar-refractivity contribution is -0.895. The van der Waals surface area contributed by atoms with Crippen molar-refractivity contribution in [2.75, 3.05) is 32.7 Å². The van der Waals surface area contributed by atoms with E-state index in [1.807, 2.05) is 12.1 Å². The molecule has 9 nitrogen and oxygen atoms in total. The second-order valence-corrected chi connectivity index (χ2v) is 9.80. The third kappa shape index (κ3) is 6.16. The van der Waals surface area contributed by atoms with E-state index in [4.69, 9.17) is 4.42 Å². The van der Waals surface area contributed by atoms with Crippen LogP contribution in [0.25, 0.3) is 0 Å². The van der Waals surface area contributed by atoms with Gasteiger partial charge in [0, 0.05) is 0 Å². The molecule has 2 heterocycles. The Bertz CT molecular complexity index is 979. The first kappa shape index (κ1) is 23.0. The van der Waals surface area contributed by atoms with Crippen molar-refractivity contribution in [1.82, 2.24) is 14.9 Å². The number of quaternary nitrogens is 1. The molecule has 10 heteroatoms. The van der Waals surface area contributed by atoms with Gasteiger partial charge in [-0.2, -0.15) is 4.31 Å². The summed E-state index contributed by atoms with van der Waals surface area (Å²) in [5, 5.41) is 4.84. The van der Waals surface area contributed by atoms with Gasteiger partial charge in [0.25, 0.3) is 5.91 Å². The highest BCUT2D eigenvalue weighted by molar-refractivity contribution is 7.89. The Morgan fingerprint density at radius 3 is 2.39 bits per heavy atom. The zero-order valence-corrected chi connectivity index (χ0v) is 18.6. The summed E-state index contributed by atoms with van der Waals surface area (Å²) in [6.45, 7) is 6.03. The van der Waals surface area contributed by atoms with E-state index >= 15 is 0 Å². The van der Waals surface area contributed by atoms with E-state index in [9.17, 15) is 18.0 Å². The van der Waals surface area contributed by atoms with E-state index in [-0.39, 0.29) is 18.0 Å². The minimum Gasteiger partial charge on any atom is -0.467 e. The molecule has 1 aliphatic heterocycles. The summed E-state index contributed by atoms with van der Waals surface area (Å²) in [5.74, 6) is 0.513. The minimum atomic E-state index is -3.56. The average Bonchev–Trinajstić information content (AvgIpc) is 3.26. The molecule has 0 saturated carbocycles. The van der Waals surface area contributed by atoms with Crippen LogP contribution in [0.15, 0.2) is 52.0 Å². The SMILES string of the molecule is CC(C)c1ccc(S(=O)(=O)N2CC[NH+](CC(=O)NC(=O)NCc3ccco3)CC2)cc1. The summed E-state index contributed by atoms with van der Waals surface area (Å²) in [7, 11) is -3.56. The quantitative estimate of drug-likeness (QED) is 0.563. The molecular formula is C21H29N4O5S+. The van der Waals surface area contributed by atoms with Gasteiger partial charge in [-0.1, -0.05) is 26.0 Å². The number of furan rings is 1. The largest absolute Gasteiger partial charge is 0.467 e. The molecule has 1 aromatic heterocycles. The molecule has 3 amide bonds. The number of hydrogen-bond acceptors (Lipinski definition) is 5. The van der Waals surface area contributed by atoms with Gasteiger partial charge in [-0.05, 0) is 35.7 Å². The number of amides is 3. The maximum Gasteiger partial charge on any atom is 0.321 e. The maximum absolute atomic E-state index is 12.9. The summed E-state index contributed by atoms with van der Waals surface area (Å²) < 4.78 is 32.3. The van der Waals surface area contributed by atoms with Gasteiger partial charge in [0.2, 0.25) is 10.0 Å². The number of rotatable bonds is 7. The maximum atomic E-state index is 12.9. The molecular weight excluding hydrogens is 420 g/mol. The van der Waals surface area contributed by atoms with E-state index < -0.39 is 22.0 Å². The van der Waals surface area contributed by atoms with Crippen LogP contribution in [0.4, 0.5) is 4.79 Å². The van der Waals surface area contributed by atoms with Crippen LogP contribution in [-0.2, 0) is 21.4 Å². The summed E-state index contributed by atoms with van der Waals surface area (Å²) >= 11 is 0. The molecule has 1 fully saturated rings. The van der Waals surface area contributed by atoms with Crippen molar-refractivity contribution in [1.29, 1.82) is 0 Å². The van der Waals surface area contributed by atoms with Gasteiger partial charge >= 0.3 is 6.03 Å². The van der Waals surface area contributed by atoms with Crippen molar-refractivity contribution in [3.63, 3.8) is 0 Å². The van der Waals surface area contributed by atoms with Gasteiger partial charge in [-0.15, -0.1) is 0 Å². The molecule has 168 valence electrons. The monoisotopic (exact) mass is 449 g/mol. The first-order chi connectivity index (χ1) is 14.8. The molecule has 0 spiro atoms. The predicted molar refractivity (Wildman–Crippen MR) is 114 cm³/mol. The standard InChI is InChI=1S/C21H28N4O5S/c1-16(2)17-5-7-19(8-6-17)31(28,29)25-11-9-24(10-12-25)15-20(26)23-21(27)22-14-18-4-3-13-30-18/h3-8,13,16H,9-12,14-15H2,1-2H3,(H2,22,23,26,27)/p+1. The summed E-state index contributed by atoms with van der Waals surface area (Å²) in [5.41, 5.74) is 1.09. The van der Waals surface area contributed by atoms with Crippen LogP contribution in [0.2, 0.25) is 0 Å². The molecule has 0 atom stereocenters. The van der Waals surface area contributed by atoms with Crippen LogP contribution < -0.4 is 15.5 Å². The zero-order valence-electron chi connectivity index (χ0n) is 17.8. The van der Waals surface area contributed by atoms with E-state index in [2.05, 4.69) is 24.5 Å². The van der Waals surface area contributed by atoms with Gasteiger partial charge in [0.1, 0.15) is 5.76 Å². The van der Waals surface area contributed by atoms with E-state index in [1.54, 1.807) is 24.3 Å². The third-order valence-corrected chi connectivity index (χ3v) is 7.19. The van der Waals surface area contributed by atoms with Crippen molar-refractivity contribution in [2.45, 2.75) is 31.2 Å². The number of sulfonamides is 1. The smallest absolute Gasteiger partial charge is 0.321 e. The molecule has 3 N–H and O–H groups in total. The molecule has 1 aliphatic rings. The van der Waals surface area contributed by atoms with Gasteiger partial charge in [0.05, 0.1) is 43.9 Å². The van der Waals surface area contributed by atoms with Gasteiger partial charge < -0.3 is 14.6 Å². The Morgan fingerprint density at radius 2 is 1.81 bits per heavy atom. The number of nitrogens with one attached hydrogen (secondary N) is 3. The van der Waals surface area contributed by atoms with Crippen molar-refractivity contribution >= 4 is 22.0 Å². The lowest BCUT2D eigenvalue weighted by Crippen LogP contribution is -3.15. The summed E-state index contributed by atoms with van der Waals surface area (Å²) in [4.78, 5) is 25.1. The summed E-state index contributed by atoms with van der Waals surface area (Å²) in [6.07, 6.45) is 1.50. The molecule has 1 saturated heterocycles. The Morgan fingerprint density at radius 1 is 1.13 bits per heavy atom. The lowest BCUT2D eigenvalue weighted by atomic mass is 10.0. The van der Waals surface area contributed by atoms with Gasteiger partial charge in [-0.25, -0.2) is 13.2 Å². The molecule has 1 aromatic carbocycles. The second kappa shape index (κ2) is 10.1. The molecule has 0 unspecified atom stereocenters. The summed E-state index contributed by atoms with van der Waals surface area (Å²) in [6, 6.07) is 9.84. The van der Waals surface area contributed by atoms with Crippen LogP contribution in [0.5, 0.6) is 0 Å². The van der Waals surface area contributed by atoms with Crippen molar-refractivity contribution in [2.24, 2.45) is 0 Å². The number of benzene rings is 1. The Hall–Kier alpha value is -2.69. The predicted octanol–water partition coefficient (Wildman–Crippen LogP) is 0.318. The van der Waals surface area contributed by atoms with Crippen LogP contribution in [0, 0.1) is 0 Å². The number of hydrogen-bond donors (Lipinski definition) is 3. The van der Waals surface area contributed by atoms with Crippen molar-refractivity contribution in [3.8, 4) is 0 Å². The number of piperazine rings is 1. The fraction of sp³-hybridized carbons (Fsp3) is 0.429. The Balaban J connectivity index is 1.45. The van der Waals surface area contributed by atoms with E-state index in [0.717, 1.165) is 10.5 Å². The molecule has 0 bridgehead atoms. The number of carbonyl (C=O) groups excluding carboxylic acids is 2. The molecule has 3 rings (SSSR count). The molecule has 0 radical (unpaired) electrons. The topological polar surface area (TPSA) is 113 Å². The van der Waals surface area contributed by atoms with Gasteiger partial charge in [0.15, 0.2) is 6.54 Å². The molecule has 0 aliphatic carbocycles. The highest BCUT2D eigenvalue weighted by Crippen LogP contribution is 2.20. The van der Waals surface area contributed by atoms with E-state index in [1.165, 1.54) is 10.6 Å². The highest BCUT2D eigenvalue weighted by atomic mass is 32.2. The van der Waals surface area contributed by atoms with Crippen LogP contribution in [-0.4, -0.2) is 57.4 Å². The number of imide groups is 1. The normalized spacial score (nSPS) is 15.7.